The fourth-order valence-electron chi connectivity index (χ4n) is 0.746. The van der Waals surface area contributed by atoms with E-state index in [0.29, 0.717) is 5.56 Å². The van der Waals surface area contributed by atoms with Gasteiger partial charge < -0.3 is 0 Å². The molecule has 70 valence electrons. The highest BCUT2D eigenvalue weighted by Gasteiger charge is 2.16. The minimum Gasteiger partial charge on any atom is -0.276 e. The standard InChI is InChI=1S/C7HClI4O/c8-7(13)4-2(9)1-3(10)5(11)6(4)12/h1H. The molecule has 0 fully saturated rings. The lowest BCUT2D eigenvalue weighted by Gasteiger charge is -2.06. The van der Waals surface area contributed by atoms with Crippen molar-refractivity contribution in [2.75, 3.05) is 0 Å². The van der Waals surface area contributed by atoms with Crippen LogP contribution in [0.25, 0.3) is 0 Å². The second-order valence-corrected chi connectivity index (χ2v) is 6.94. The molecule has 6 heteroatoms. The van der Waals surface area contributed by atoms with Gasteiger partial charge in [-0.15, -0.1) is 0 Å². The summed E-state index contributed by atoms with van der Waals surface area (Å²) in [6.45, 7) is 0. The Morgan fingerprint density at radius 1 is 1.08 bits per heavy atom. The molecule has 0 unspecified atom stereocenters. The summed E-state index contributed by atoms with van der Waals surface area (Å²) in [7, 11) is 0. The van der Waals surface area contributed by atoms with E-state index in [1.165, 1.54) is 0 Å². The van der Waals surface area contributed by atoms with Crippen molar-refractivity contribution in [3.63, 3.8) is 0 Å². The highest BCUT2D eigenvalue weighted by Crippen LogP contribution is 2.29. The zero-order valence-corrected chi connectivity index (χ0v) is 15.3. The Labute approximate surface area is 135 Å². The van der Waals surface area contributed by atoms with Gasteiger partial charge in [0.05, 0.1) is 5.56 Å². The lowest BCUT2D eigenvalue weighted by molar-refractivity contribution is 0.107. The van der Waals surface area contributed by atoms with E-state index in [4.69, 9.17) is 11.6 Å². The average Bonchev–Trinajstić information content (AvgIpc) is 1.99. The van der Waals surface area contributed by atoms with Gasteiger partial charge in [-0.25, -0.2) is 0 Å². The molecule has 0 saturated heterocycles. The van der Waals surface area contributed by atoms with Crippen molar-refractivity contribution >= 4 is 107 Å². The Kier molecular flexibility index (Phi) is 5.50. The van der Waals surface area contributed by atoms with E-state index < -0.39 is 0 Å². The number of carbonyl (C=O) groups is 1. The van der Waals surface area contributed by atoms with Gasteiger partial charge in [0.1, 0.15) is 0 Å². The monoisotopic (exact) mass is 644 g/mol. The lowest BCUT2D eigenvalue weighted by atomic mass is 10.2. The normalized spacial score (nSPS) is 10.2. The van der Waals surface area contributed by atoms with Gasteiger partial charge in [0.15, 0.2) is 0 Å². The van der Waals surface area contributed by atoms with E-state index >= 15 is 0 Å². The molecular formula is C7HClI4O. The van der Waals surface area contributed by atoms with Gasteiger partial charge in [-0.2, -0.15) is 0 Å². The summed E-state index contributed by atoms with van der Waals surface area (Å²) in [5, 5.41) is -0.386. The molecule has 0 aromatic heterocycles. The Morgan fingerprint density at radius 3 is 2.08 bits per heavy atom. The first-order chi connectivity index (χ1) is 5.95. The summed E-state index contributed by atoms with van der Waals surface area (Å²) in [6.07, 6.45) is 0. The molecule has 0 N–H and O–H groups in total. The third-order valence-corrected chi connectivity index (χ3v) is 7.46. The van der Waals surface area contributed by atoms with Crippen LogP contribution in [0.5, 0.6) is 0 Å². The van der Waals surface area contributed by atoms with Crippen molar-refractivity contribution in [1.29, 1.82) is 0 Å². The van der Waals surface area contributed by atoms with Crippen LogP contribution >= 0.6 is 102 Å². The Bertz CT molecular complexity index is 377. The summed E-state index contributed by atoms with van der Waals surface area (Å²) < 4.78 is 4.08. The van der Waals surface area contributed by atoms with Crippen LogP contribution in [0.15, 0.2) is 6.07 Å². The second-order valence-electron chi connectivity index (χ2n) is 2.12. The Balaban J connectivity index is 3.53. The number of halogens is 5. The van der Waals surface area contributed by atoms with E-state index in [2.05, 4.69) is 90.4 Å². The average molecular weight is 644 g/mol. The molecule has 0 saturated carbocycles. The van der Waals surface area contributed by atoms with Crippen LogP contribution in [0, 0.1) is 14.3 Å². The molecule has 0 radical (unpaired) electrons. The maximum atomic E-state index is 11.1. The largest absolute Gasteiger partial charge is 0.276 e. The van der Waals surface area contributed by atoms with Crippen molar-refractivity contribution in [1.82, 2.24) is 0 Å². The molecule has 0 aliphatic rings. The molecule has 1 aromatic rings. The maximum Gasteiger partial charge on any atom is 0.254 e. The first-order valence-electron chi connectivity index (χ1n) is 2.98. The fourth-order valence-corrected chi connectivity index (χ4v) is 5.55. The number of rotatable bonds is 1. The SMILES string of the molecule is O=C(Cl)c1c(I)cc(I)c(I)c1I. The molecule has 0 aliphatic heterocycles. The summed E-state index contributed by atoms with van der Waals surface area (Å²) in [5.74, 6) is 0. The highest BCUT2D eigenvalue weighted by atomic mass is 127. The fraction of sp³-hybridized carbons (Fsp3) is 0. The summed E-state index contributed by atoms with van der Waals surface area (Å²) in [4.78, 5) is 11.1. The van der Waals surface area contributed by atoms with E-state index in [9.17, 15) is 4.79 Å². The van der Waals surface area contributed by atoms with E-state index in [1.54, 1.807) is 0 Å². The molecule has 0 heterocycles. The minimum atomic E-state index is -0.386. The van der Waals surface area contributed by atoms with E-state index in [0.717, 1.165) is 14.3 Å². The van der Waals surface area contributed by atoms with Crippen molar-refractivity contribution in [2.45, 2.75) is 0 Å². The van der Waals surface area contributed by atoms with E-state index in [1.807, 2.05) is 6.07 Å². The third kappa shape index (κ3) is 3.03. The van der Waals surface area contributed by atoms with Crippen LogP contribution in [0.1, 0.15) is 10.4 Å². The zero-order chi connectivity index (χ0) is 10.2. The zero-order valence-electron chi connectivity index (χ0n) is 5.88. The predicted octanol–water partition coefficient (Wildman–Crippen LogP) is 4.48. The van der Waals surface area contributed by atoms with Gasteiger partial charge >= 0.3 is 0 Å². The van der Waals surface area contributed by atoms with Crippen LogP contribution in [-0.2, 0) is 0 Å². The van der Waals surface area contributed by atoms with Gasteiger partial charge in [-0.1, -0.05) is 0 Å². The van der Waals surface area contributed by atoms with Gasteiger partial charge in [-0.3, -0.25) is 4.79 Å². The second kappa shape index (κ2) is 5.43. The molecule has 0 spiro atoms. The van der Waals surface area contributed by atoms with Crippen LogP contribution in [0.2, 0.25) is 0 Å². The molecule has 0 amide bonds. The maximum absolute atomic E-state index is 11.1. The van der Waals surface area contributed by atoms with Crippen molar-refractivity contribution in [3.8, 4) is 0 Å². The number of hydrogen-bond acceptors (Lipinski definition) is 1. The van der Waals surface area contributed by atoms with Gasteiger partial charge in [0.2, 0.25) is 0 Å². The number of benzene rings is 1. The van der Waals surface area contributed by atoms with E-state index in [-0.39, 0.29) is 5.24 Å². The van der Waals surface area contributed by atoms with Crippen molar-refractivity contribution < 1.29 is 4.79 Å². The van der Waals surface area contributed by atoms with Crippen molar-refractivity contribution in [3.05, 3.63) is 25.9 Å². The molecule has 0 bridgehead atoms. The van der Waals surface area contributed by atoms with Crippen LogP contribution in [0.3, 0.4) is 0 Å². The smallest absolute Gasteiger partial charge is 0.254 e. The molecule has 0 atom stereocenters. The highest BCUT2D eigenvalue weighted by molar-refractivity contribution is 14.1. The summed E-state index contributed by atoms with van der Waals surface area (Å²) in [6, 6.07) is 1.96. The summed E-state index contributed by atoms with van der Waals surface area (Å²) in [5.41, 5.74) is 0.618. The molecule has 1 rings (SSSR count). The molecule has 0 aliphatic carbocycles. The Morgan fingerprint density at radius 2 is 1.62 bits per heavy atom. The van der Waals surface area contributed by atoms with Gasteiger partial charge in [0, 0.05) is 14.3 Å². The Hall–Kier alpha value is 2.10. The van der Waals surface area contributed by atoms with Crippen LogP contribution in [0.4, 0.5) is 0 Å². The first kappa shape index (κ1) is 13.2. The first-order valence-corrected chi connectivity index (χ1v) is 7.67. The van der Waals surface area contributed by atoms with Crippen LogP contribution < -0.4 is 0 Å². The van der Waals surface area contributed by atoms with Gasteiger partial charge in [0.25, 0.3) is 5.24 Å². The predicted molar refractivity (Wildman–Crippen MR) is 87.5 cm³/mol. The third-order valence-electron chi connectivity index (χ3n) is 1.31. The quantitative estimate of drug-likeness (QED) is 0.191. The molecule has 13 heavy (non-hydrogen) atoms. The lowest BCUT2D eigenvalue weighted by Crippen LogP contribution is -2.01. The number of hydrogen-bond donors (Lipinski definition) is 0. The molecule has 1 aromatic carbocycles. The minimum absolute atomic E-state index is 0.386. The topological polar surface area (TPSA) is 17.1 Å². The van der Waals surface area contributed by atoms with Gasteiger partial charge in [-0.05, 0) is 108 Å². The van der Waals surface area contributed by atoms with Crippen LogP contribution in [-0.4, -0.2) is 5.24 Å². The van der Waals surface area contributed by atoms with Crippen molar-refractivity contribution in [2.24, 2.45) is 0 Å². The molecular weight excluding hydrogens is 643 g/mol. The summed E-state index contributed by atoms with van der Waals surface area (Å²) >= 11 is 14.2. The number of carbonyl (C=O) groups excluding carboxylic acids is 1. The molecule has 1 nitrogen and oxygen atoms in total.